The van der Waals surface area contributed by atoms with Gasteiger partial charge in [-0.2, -0.15) is 0 Å². The minimum absolute atomic E-state index is 0.0293. The first-order valence-corrected chi connectivity index (χ1v) is 15.5. The maximum atomic E-state index is 12.4. The molecule has 4 aliphatic carbocycles. The number of carbonyl (C=O) groups excluding carboxylic acids is 1. The lowest BCUT2D eigenvalue weighted by Crippen LogP contribution is -2.56. The molecule has 7 rings (SSSR count). The van der Waals surface area contributed by atoms with E-state index >= 15 is 0 Å². The van der Waals surface area contributed by atoms with E-state index in [0.717, 1.165) is 35.7 Å². The van der Waals surface area contributed by atoms with Gasteiger partial charge in [-0.3, -0.25) is 4.79 Å². The third-order valence-corrected chi connectivity index (χ3v) is 12.3. The molecule has 0 spiro atoms. The number of aromatic nitrogens is 3. The molecule has 6 heteroatoms. The highest BCUT2D eigenvalue weighted by atomic mass is 16.5. The molecule has 1 heterocycles. The largest absolute Gasteiger partial charge is 0.460 e. The molecule has 0 unspecified atom stereocenters. The highest BCUT2D eigenvalue weighted by molar-refractivity contribution is 5.74. The molecule has 2 aromatic carbocycles. The average Bonchev–Trinajstić information content (AvgIpc) is 3.51. The standard InChI is InChI=1S/C34H44N4O2/c1-22(39)40-32-31(38-30-13-9-8-12-29(30)35-36-38)21-28-26-15-14-23-20-25(37(4)24-10-6-5-7-11-24)16-18-33(23,2)27(26)17-19-34(28,32)3/h5-13,23,25-28,31-32H,14-21H2,1-4H3/t23-,25-,26+,27-,28-,31-,32-,33-,34-/m0/s1. The van der Waals surface area contributed by atoms with Gasteiger partial charge in [0.15, 0.2) is 0 Å². The van der Waals surface area contributed by atoms with Crippen molar-refractivity contribution in [3.05, 3.63) is 54.6 Å². The summed E-state index contributed by atoms with van der Waals surface area (Å²) in [7, 11) is 2.29. The lowest BCUT2D eigenvalue weighted by Gasteiger charge is -2.61. The van der Waals surface area contributed by atoms with Crippen LogP contribution in [-0.4, -0.2) is 40.2 Å². The lowest BCUT2D eigenvalue weighted by atomic mass is 9.45. The van der Waals surface area contributed by atoms with Gasteiger partial charge in [0.2, 0.25) is 0 Å². The molecule has 6 nitrogen and oxygen atoms in total. The summed E-state index contributed by atoms with van der Waals surface area (Å²) in [4.78, 5) is 15.0. The number of anilines is 1. The minimum Gasteiger partial charge on any atom is -0.460 e. The molecule has 0 bridgehead atoms. The first-order chi connectivity index (χ1) is 19.3. The van der Waals surface area contributed by atoms with E-state index in [1.807, 2.05) is 12.1 Å². The summed E-state index contributed by atoms with van der Waals surface area (Å²) in [5.74, 6) is 2.56. The van der Waals surface area contributed by atoms with E-state index < -0.39 is 0 Å². The molecule has 40 heavy (non-hydrogen) atoms. The van der Waals surface area contributed by atoms with Crippen molar-refractivity contribution in [3.8, 4) is 0 Å². The molecule has 1 aromatic heterocycles. The van der Waals surface area contributed by atoms with Crippen LogP contribution in [0.3, 0.4) is 0 Å². The number of fused-ring (bicyclic) bond motifs is 6. The van der Waals surface area contributed by atoms with Gasteiger partial charge < -0.3 is 9.64 Å². The van der Waals surface area contributed by atoms with Crippen LogP contribution in [0.25, 0.3) is 11.0 Å². The zero-order chi connectivity index (χ0) is 27.6. The molecule has 0 aliphatic heterocycles. The van der Waals surface area contributed by atoms with Gasteiger partial charge in [-0.15, -0.1) is 5.10 Å². The number of para-hydroxylation sites is 2. The van der Waals surface area contributed by atoms with Gasteiger partial charge >= 0.3 is 5.97 Å². The van der Waals surface area contributed by atoms with Gasteiger partial charge in [-0.25, -0.2) is 4.68 Å². The van der Waals surface area contributed by atoms with Crippen LogP contribution >= 0.6 is 0 Å². The Bertz CT molecular complexity index is 1390. The molecule has 9 atom stereocenters. The van der Waals surface area contributed by atoms with Crippen molar-refractivity contribution in [2.75, 3.05) is 11.9 Å². The van der Waals surface area contributed by atoms with Gasteiger partial charge in [0.25, 0.3) is 0 Å². The summed E-state index contributed by atoms with van der Waals surface area (Å²) in [6.45, 7) is 6.62. The van der Waals surface area contributed by atoms with E-state index in [1.165, 1.54) is 44.2 Å². The van der Waals surface area contributed by atoms with E-state index in [0.29, 0.717) is 23.3 Å². The lowest BCUT2D eigenvalue weighted by molar-refractivity contribution is -0.163. The smallest absolute Gasteiger partial charge is 0.302 e. The van der Waals surface area contributed by atoms with Crippen molar-refractivity contribution in [1.82, 2.24) is 15.0 Å². The Morgan fingerprint density at radius 2 is 1.68 bits per heavy atom. The normalized spacial score (nSPS) is 38.8. The topological polar surface area (TPSA) is 60.3 Å². The summed E-state index contributed by atoms with van der Waals surface area (Å²) < 4.78 is 8.31. The van der Waals surface area contributed by atoms with E-state index in [2.05, 4.69) is 83.3 Å². The molecule has 212 valence electrons. The fraction of sp³-hybridized carbons (Fsp3) is 0.618. The third-order valence-electron chi connectivity index (χ3n) is 12.3. The van der Waals surface area contributed by atoms with Crippen molar-refractivity contribution in [1.29, 1.82) is 0 Å². The highest BCUT2D eigenvalue weighted by Crippen LogP contribution is 2.68. The third kappa shape index (κ3) is 3.92. The van der Waals surface area contributed by atoms with E-state index in [-0.39, 0.29) is 23.5 Å². The molecule has 0 radical (unpaired) electrons. The minimum atomic E-state index is -0.181. The molecular formula is C34H44N4O2. The van der Waals surface area contributed by atoms with E-state index in [1.54, 1.807) is 6.92 Å². The Labute approximate surface area is 238 Å². The van der Waals surface area contributed by atoms with E-state index in [4.69, 9.17) is 4.74 Å². The molecule has 3 aromatic rings. The van der Waals surface area contributed by atoms with Gasteiger partial charge in [-0.1, -0.05) is 49.4 Å². The molecule has 4 saturated carbocycles. The van der Waals surface area contributed by atoms with Crippen LogP contribution in [0.5, 0.6) is 0 Å². The van der Waals surface area contributed by atoms with Crippen molar-refractivity contribution in [3.63, 3.8) is 0 Å². The predicted octanol–water partition coefficient (Wildman–Crippen LogP) is 7.06. The summed E-state index contributed by atoms with van der Waals surface area (Å²) in [5.41, 5.74) is 3.66. The van der Waals surface area contributed by atoms with Crippen LogP contribution in [0.1, 0.15) is 78.2 Å². The van der Waals surface area contributed by atoms with Crippen LogP contribution in [0.2, 0.25) is 0 Å². The summed E-state index contributed by atoms with van der Waals surface area (Å²) in [5, 5.41) is 9.10. The first-order valence-electron chi connectivity index (χ1n) is 15.5. The molecule has 0 saturated heterocycles. The second-order valence-electron chi connectivity index (χ2n) is 13.9. The zero-order valence-corrected chi connectivity index (χ0v) is 24.5. The zero-order valence-electron chi connectivity index (χ0n) is 24.5. The summed E-state index contributed by atoms with van der Waals surface area (Å²) >= 11 is 0. The Morgan fingerprint density at radius 3 is 2.48 bits per heavy atom. The van der Waals surface area contributed by atoms with Crippen molar-refractivity contribution >= 4 is 22.7 Å². The predicted molar refractivity (Wildman–Crippen MR) is 158 cm³/mol. The number of esters is 1. The average molecular weight is 541 g/mol. The van der Waals surface area contributed by atoms with Gasteiger partial charge in [0.05, 0.1) is 11.6 Å². The quantitative estimate of drug-likeness (QED) is 0.332. The first kappa shape index (κ1) is 26.0. The van der Waals surface area contributed by atoms with Gasteiger partial charge in [-0.05, 0) is 105 Å². The Morgan fingerprint density at radius 1 is 0.925 bits per heavy atom. The maximum Gasteiger partial charge on any atom is 0.302 e. The Kier molecular flexibility index (Phi) is 6.25. The van der Waals surface area contributed by atoms with Gasteiger partial charge in [0.1, 0.15) is 11.6 Å². The number of hydrogen-bond donors (Lipinski definition) is 0. The number of benzene rings is 2. The molecule has 0 amide bonds. The summed E-state index contributed by atoms with van der Waals surface area (Å²) in [6, 6.07) is 19.8. The Balaban J connectivity index is 1.16. The molecule has 4 aliphatic rings. The van der Waals surface area contributed by atoms with Crippen LogP contribution in [0.15, 0.2) is 54.6 Å². The SMILES string of the molecule is CC(=O)O[C@H]1[C@@H](n2nnc3ccccc32)C[C@H]2[C@@H]3CC[C@H]4C[C@@H](N(C)c5ccccc5)CC[C@]4(C)[C@H]3CC[C@@]21C. The van der Waals surface area contributed by atoms with Crippen LogP contribution in [0, 0.1) is 34.5 Å². The van der Waals surface area contributed by atoms with Crippen molar-refractivity contribution in [2.45, 2.75) is 90.3 Å². The number of hydrogen-bond acceptors (Lipinski definition) is 5. The fourth-order valence-electron chi connectivity index (χ4n) is 10.2. The van der Waals surface area contributed by atoms with Crippen LogP contribution in [-0.2, 0) is 9.53 Å². The van der Waals surface area contributed by atoms with Gasteiger partial charge in [0, 0.05) is 31.1 Å². The molecule has 0 N–H and O–H groups in total. The fourth-order valence-corrected chi connectivity index (χ4v) is 10.2. The highest BCUT2D eigenvalue weighted by Gasteiger charge is 2.64. The second-order valence-corrected chi connectivity index (χ2v) is 13.9. The Hall–Kier alpha value is -2.89. The van der Waals surface area contributed by atoms with Crippen LogP contribution in [0.4, 0.5) is 5.69 Å². The monoisotopic (exact) mass is 540 g/mol. The number of carbonyl (C=O) groups is 1. The molecular weight excluding hydrogens is 496 g/mol. The van der Waals surface area contributed by atoms with Crippen LogP contribution < -0.4 is 4.90 Å². The second kappa shape index (κ2) is 9.60. The molecule has 4 fully saturated rings. The van der Waals surface area contributed by atoms with Crippen molar-refractivity contribution in [2.24, 2.45) is 34.5 Å². The summed E-state index contributed by atoms with van der Waals surface area (Å²) in [6.07, 6.45) is 9.72. The number of rotatable bonds is 4. The number of nitrogens with zero attached hydrogens (tertiary/aromatic N) is 4. The van der Waals surface area contributed by atoms with Crippen molar-refractivity contribution < 1.29 is 9.53 Å². The number of ether oxygens (including phenoxy) is 1. The van der Waals surface area contributed by atoms with E-state index in [9.17, 15) is 4.79 Å². The maximum absolute atomic E-state index is 12.4.